The zero-order valence-corrected chi connectivity index (χ0v) is 11.2. The molecule has 1 aromatic rings. The molecule has 1 aromatic carbocycles. The highest BCUT2D eigenvalue weighted by Gasteiger charge is 2.30. The van der Waals surface area contributed by atoms with E-state index in [0.29, 0.717) is 5.56 Å². The van der Waals surface area contributed by atoms with Crippen LogP contribution in [0.4, 0.5) is 8.78 Å². The Hall–Kier alpha value is -0.760. The Morgan fingerprint density at radius 2 is 2.06 bits per heavy atom. The number of sulfonamides is 1. The van der Waals surface area contributed by atoms with Gasteiger partial charge in [-0.05, 0) is 24.6 Å². The van der Waals surface area contributed by atoms with Gasteiger partial charge >= 0.3 is 0 Å². The molecule has 0 radical (unpaired) electrons. The Kier molecular flexibility index (Phi) is 4.66. The highest BCUT2D eigenvalue weighted by molar-refractivity contribution is 7.89. The largest absolute Gasteiger partial charge is 0.325 e. The van der Waals surface area contributed by atoms with Gasteiger partial charge in [0.25, 0.3) is 5.92 Å². The molecule has 0 aliphatic heterocycles. The van der Waals surface area contributed by atoms with Crippen molar-refractivity contribution in [3.05, 3.63) is 28.8 Å². The average molecular weight is 299 g/mol. The molecule has 0 unspecified atom stereocenters. The van der Waals surface area contributed by atoms with E-state index in [2.05, 4.69) is 0 Å². The summed E-state index contributed by atoms with van der Waals surface area (Å²) in [6, 6.07) is 4.33. The summed E-state index contributed by atoms with van der Waals surface area (Å²) in [7, 11) is -4.07. The van der Waals surface area contributed by atoms with Crippen LogP contribution in [0.1, 0.15) is 5.56 Å². The van der Waals surface area contributed by atoms with Crippen molar-refractivity contribution in [1.82, 2.24) is 4.72 Å². The van der Waals surface area contributed by atoms with E-state index in [1.165, 1.54) is 12.1 Å². The van der Waals surface area contributed by atoms with Crippen LogP contribution in [0.25, 0.3) is 0 Å². The number of aryl methyl sites for hydroxylation is 1. The number of nitrogens with one attached hydrogen (secondary N) is 1. The number of alkyl halides is 2. The first-order valence-electron chi connectivity index (χ1n) is 5.02. The zero-order valence-electron chi connectivity index (χ0n) is 9.58. The molecule has 102 valence electrons. The lowest BCUT2D eigenvalue weighted by molar-refractivity contribution is 0.0170. The molecule has 0 aliphatic carbocycles. The third-order valence-corrected chi connectivity index (χ3v) is 4.08. The molecule has 0 spiro atoms. The molecule has 4 nitrogen and oxygen atoms in total. The van der Waals surface area contributed by atoms with Gasteiger partial charge in [-0.25, -0.2) is 21.9 Å². The molecule has 0 fully saturated rings. The lowest BCUT2D eigenvalue weighted by Crippen LogP contribution is -2.41. The monoisotopic (exact) mass is 298 g/mol. The standard InChI is InChI=1S/C10H13ClF2N2O2S/c1-7-2-3-8(11)9(4-7)18(16,17)15-6-10(12,13)5-14/h2-4,15H,5-6,14H2,1H3. The molecular weight excluding hydrogens is 286 g/mol. The Labute approximate surface area is 109 Å². The maximum Gasteiger partial charge on any atom is 0.273 e. The van der Waals surface area contributed by atoms with Crippen LogP contribution >= 0.6 is 11.6 Å². The SMILES string of the molecule is Cc1ccc(Cl)c(S(=O)(=O)NCC(F)(F)CN)c1. The lowest BCUT2D eigenvalue weighted by atomic mass is 10.2. The van der Waals surface area contributed by atoms with Gasteiger partial charge in [0.2, 0.25) is 10.0 Å². The number of hydrogen-bond donors (Lipinski definition) is 2. The van der Waals surface area contributed by atoms with Crippen molar-refractivity contribution < 1.29 is 17.2 Å². The zero-order chi connectivity index (χ0) is 14.0. The molecule has 0 aliphatic rings. The van der Waals surface area contributed by atoms with Gasteiger partial charge in [-0.15, -0.1) is 0 Å². The summed E-state index contributed by atoms with van der Waals surface area (Å²) in [5.41, 5.74) is 5.48. The normalized spacial score (nSPS) is 12.7. The van der Waals surface area contributed by atoms with Crippen LogP contribution in [0.2, 0.25) is 5.02 Å². The Bertz CT molecular complexity index is 535. The number of benzene rings is 1. The minimum atomic E-state index is -4.07. The number of halogens is 3. The topological polar surface area (TPSA) is 72.2 Å². The van der Waals surface area contributed by atoms with Crippen LogP contribution in [0.5, 0.6) is 0 Å². The number of hydrogen-bond acceptors (Lipinski definition) is 3. The minimum absolute atomic E-state index is 0.0239. The van der Waals surface area contributed by atoms with E-state index < -0.39 is 29.0 Å². The summed E-state index contributed by atoms with van der Waals surface area (Å²) in [4.78, 5) is -0.225. The van der Waals surface area contributed by atoms with Gasteiger partial charge in [0.15, 0.2) is 0 Å². The van der Waals surface area contributed by atoms with E-state index in [1.54, 1.807) is 17.7 Å². The second-order valence-corrected chi connectivity index (χ2v) is 5.96. The molecule has 8 heteroatoms. The van der Waals surface area contributed by atoms with Crippen molar-refractivity contribution >= 4 is 21.6 Å². The van der Waals surface area contributed by atoms with E-state index in [-0.39, 0.29) is 9.92 Å². The van der Waals surface area contributed by atoms with Crippen molar-refractivity contribution in [1.29, 1.82) is 0 Å². The lowest BCUT2D eigenvalue weighted by Gasteiger charge is -2.15. The van der Waals surface area contributed by atoms with Crippen molar-refractivity contribution in [3.63, 3.8) is 0 Å². The van der Waals surface area contributed by atoms with Gasteiger partial charge in [-0.2, -0.15) is 0 Å². The predicted octanol–water partition coefficient (Wildman–Crippen LogP) is 1.52. The summed E-state index contributed by atoms with van der Waals surface area (Å²) in [5, 5.41) is -0.0239. The minimum Gasteiger partial charge on any atom is -0.325 e. The van der Waals surface area contributed by atoms with Gasteiger partial charge in [0, 0.05) is 0 Å². The molecule has 0 aromatic heterocycles. The summed E-state index contributed by atoms with van der Waals surface area (Å²) in [6.07, 6.45) is 0. The smallest absolute Gasteiger partial charge is 0.273 e. The predicted molar refractivity (Wildman–Crippen MR) is 65.4 cm³/mol. The summed E-state index contributed by atoms with van der Waals surface area (Å²) in [5.74, 6) is -3.29. The second-order valence-electron chi connectivity index (χ2n) is 3.82. The van der Waals surface area contributed by atoms with Crippen LogP contribution in [-0.2, 0) is 10.0 Å². The van der Waals surface area contributed by atoms with Gasteiger partial charge in [0.1, 0.15) is 4.90 Å². The third kappa shape index (κ3) is 3.88. The summed E-state index contributed by atoms with van der Waals surface area (Å²) < 4.78 is 51.2. The van der Waals surface area contributed by atoms with E-state index in [4.69, 9.17) is 17.3 Å². The fraction of sp³-hybridized carbons (Fsp3) is 0.400. The van der Waals surface area contributed by atoms with Crippen LogP contribution < -0.4 is 10.5 Å². The van der Waals surface area contributed by atoms with Gasteiger partial charge in [-0.3, -0.25) is 0 Å². The van der Waals surface area contributed by atoms with Gasteiger partial charge < -0.3 is 5.73 Å². The first-order valence-corrected chi connectivity index (χ1v) is 6.88. The fourth-order valence-electron chi connectivity index (χ4n) is 1.17. The Morgan fingerprint density at radius 3 is 2.61 bits per heavy atom. The third-order valence-electron chi connectivity index (χ3n) is 2.20. The van der Waals surface area contributed by atoms with Crippen molar-refractivity contribution in [2.24, 2.45) is 5.73 Å². The number of rotatable bonds is 5. The maximum absolute atomic E-state index is 12.9. The Morgan fingerprint density at radius 1 is 1.44 bits per heavy atom. The molecule has 0 saturated heterocycles. The van der Waals surface area contributed by atoms with Crippen LogP contribution in [0, 0.1) is 6.92 Å². The number of nitrogens with two attached hydrogens (primary N) is 1. The molecule has 0 amide bonds. The van der Waals surface area contributed by atoms with E-state index >= 15 is 0 Å². The summed E-state index contributed by atoms with van der Waals surface area (Å²) in [6.45, 7) is -0.322. The average Bonchev–Trinajstić information content (AvgIpc) is 2.30. The van der Waals surface area contributed by atoms with E-state index in [0.717, 1.165) is 0 Å². The molecule has 18 heavy (non-hydrogen) atoms. The first-order chi connectivity index (χ1) is 8.18. The second kappa shape index (κ2) is 5.48. The van der Waals surface area contributed by atoms with E-state index in [1.807, 2.05) is 0 Å². The molecule has 1 rings (SSSR count). The maximum atomic E-state index is 12.9. The van der Waals surface area contributed by atoms with Crippen LogP contribution in [-0.4, -0.2) is 27.4 Å². The highest BCUT2D eigenvalue weighted by Crippen LogP contribution is 2.22. The quantitative estimate of drug-likeness (QED) is 0.866. The van der Waals surface area contributed by atoms with Crippen LogP contribution in [0.15, 0.2) is 23.1 Å². The molecule has 0 saturated carbocycles. The van der Waals surface area contributed by atoms with Crippen molar-refractivity contribution in [2.75, 3.05) is 13.1 Å². The van der Waals surface area contributed by atoms with E-state index in [9.17, 15) is 17.2 Å². The Balaban J connectivity index is 2.97. The van der Waals surface area contributed by atoms with Crippen LogP contribution in [0.3, 0.4) is 0 Å². The van der Waals surface area contributed by atoms with Gasteiger partial charge in [-0.1, -0.05) is 17.7 Å². The molecular formula is C10H13ClF2N2O2S. The fourth-order valence-corrected chi connectivity index (χ4v) is 2.81. The molecule has 0 heterocycles. The van der Waals surface area contributed by atoms with Crippen molar-refractivity contribution in [2.45, 2.75) is 17.7 Å². The highest BCUT2D eigenvalue weighted by atomic mass is 35.5. The summed E-state index contributed by atoms with van der Waals surface area (Å²) >= 11 is 5.73. The van der Waals surface area contributed by atoms with Crippen molar-refractivity contribution in [3.8, 4) is 0 Å². The molecule has 0 atom stereocenters. The first kappa shape index (κ1) is 15.3. The molecule has 0 bridgehead atoms. The molecule has 3 N–H and O–H groups in total. The van der Waals surface area contributed by atoms with Gasteiger partial charge in [0.05, 0.1) is 18.1 Å².